The number of rotatable bonds is 3. The van der Waals surface area contributed by atoms with E-state index in [0.717, 1.165) is 5.69 Å². The first-order valence-electron chi connectivity index (χ1n) is 4.82. The molecule has 1 saturated heterocycles. The van der Waals surface area contributed by atoms with Gasteiger partial charge >= 0.3 is 11.8 Å². The molecule has 0 saturated carbocycles. The van der Waals surface area contributed by atoms with Crippen molar-refractivity contribution in [2.75, 3.05) is 6.54 Å². The number of aromatic nitrogens is 1. The molecule has 0 bridgehead atoms. The van der Waals surface area contributed by atoms with Crippen molar-refractivity contribution >= 4 is 17.8 Å². The summed E-state index contributed by atoms with van der Waals surface area (Å²) in [4.78, 5) is 29.8. The average Bonchev–Trinajstić information content (AvgIpc) is 2.60. The number of aliphatic imine (C=N–C) groups is 1. The van der Waals surface area contributed by atoms with Crippen LogP contribution < -0.4 is 10.6 Å². The molecule has 2 amide bonds. The molecule has 6 nitrogen and oxygen atoms in total. The highest BCUT2D eigenvalue weighted by Crippen LogP contribution is 1.95. The SMILES string of the molecule is O=C1NC(=NCCc2ccccn2)NC1=O. The molecular formula is C10H10N4O2. The number of carbonyl (C=O) groups is 2. The maximum absolute atomic E-state index is 10.8. The lowest BCUT2D eigenvalue weighted by Crippen LogP contribution is -2.26. The van der Waals surface area contributed by atoms with Gasteiger partial charge in [-0.3, -0.25) is 30.2 Å². The van der Waals surface area contributed by atoms with Crippen LogP contribution in [0, 0.1) is 0 Å². The summed E-state index contributed by atoms with van der Waals surface area (Å²) in [6, 6.07) is 5.63. The van der Waals surface area contributed by atoms with Gasteiger partial charge in [-0.2, -0.15) is 0 Å². The molecular weight excluding hydrogens is 208 g/mol. The molecule has 0 unspecified atom stereocenters. The van der Waals surface area contributed by atoms with E-state index in [-0.39, 0.29) is 5.96 Å². The van der Waals surface area contributed by atoms with Crippen molar-refractivity contribution in [2.24, 2.45) is 4.99 Å². The molecule has 6 heteroatoms. The van der Waals surface area contributed by atoms with Gasteiger partial charge in [0.1, 0.15) is 0 Å². The van der Waals surface area contributed by atoms with Crippen molar-refractivity contribution in [1.29, 1.82) is 0 Å². The summed E-state index contributed by atoms with van der Waals surface area (Å²) in [7, 11) is 0. The number of pyridine rings is 1. The zero-order valence-corrected chi connectivity index (χ0v) is 8.43. The van der Waals surface area contributed by atoms with Crippen LogP contribution in [-0.4, -0.2) is 29.3 Å². The third-order valence-corrected chi connectivity index (χ3v) is 2.03. The lowest BCUT2D eigenvalue weighted by Gasteiger charge is -1.97. The maximum Gasteiger partial charge on any atom is 0.316 e. The van der Waals surface area contributed by atoms with Crippen LogP contribution in [0.1, 0.15) is 5.69 Å². The molecule has 2 heterocycles. The van der Waals surface area contributed by atoms with E-state index in [1.165, 1.54) is 0 Å². The third kappa shape index (κ3) is 2.41. The molecule has 1 fully saturated rings. The van der Waals surface area contributed by atoms with Crippen molar-refractivity contribution in [3.8, 4) is 0 Å². The predicted octanol–water partition coefficient (Wildman–Crippen LogP) is -0.774. The van der Waals surface area contributed by atoms with Gasteiger partial charge in [-0.05, 0) is 12.1 Å². The minimum absolute atomic E-state index is 0.214. The molecule has 1 aliphatic rings. The Bertz CT molecular complexity index is 423. The van der Waals surface area contributed by atoms with Crippen LogP contribution in [0.4, 0.5) is 0 Å². The molecule has 16 heavy (non-hydrogen) atoms. The zero-order chi connectivity index (χ0) is 11.4. The standard InChI is InChI=1S/C10H10N4O2/c15-8-9(16)14-10(13-8)12-6-4-7-3-1-2-5-11-7/h1-3,5H,4,6H2,(H2,12,13,14,15,16). The molecule has 0 radical (unpaired) electrons. The molecule has 0 aromatic carbocycles. The van der Waals surface area contributed by atoms with Crippen LogP contribution in [0.5, 0.6) is 0 Å². The Labute approximate surface area is 91.8 Å². The number of hydrogen-bond acceptors (Lipinski definition) is 4. The van der Waals surface area contributed by atoms with Crippen molar-refractivity contribution < 1.29 is 9.59 Å². The van der Waals surface area contributed by atoms with E-state index in [0.29, 0.717) is 13.0 Å². The highest BCUT2D eigenvalue weighted by molar-refractivity contribution is 6.45. The Hall–Kier alpha value is -2.24. The van der Waals surface area contributed by atoms with Gasteiger partial charge in [0.2, 0.25) is 5.96 Å². The second-order valence-electron chi connectivity index (χ2n) is 3.21. The van der Waals surface area contributed by atoms with Gasteiger partial charge in [0.15, 0.2) is 0 Å². The highest BCUT2D eigenvalue weighted by Gasteiger charge is 2.24. The van der Waals surface area contributed by atoms with Gasteiger partial charge in [-0.25, -0.2) is 0 Å². The molecule has 82 valence electrons. The predicted molar refractivity (Wildman–Crippen MR) is 56.5 cm³/mol. The minimum atomic E-state index is -0.670. The smallest absolute Gasteiger partial charge is 0.288 e. The molecule has 1 aromatic rings. The van der Waals surface area contributed by atoms with E-state index in [1.807, 2.05) is 18.2 Å². The van der Waals surface area contributed by atoms with Crippen molar-refractivity contribution in [3.63, 3.8) is 0 Å². The fourth-order valence-electron chi connectivity index (χ4n) is 1.27. The van der Waals surface area contributed by atoms with Crippen LogP contribution in [0.2, 0.25) is 0 Å². The number of nitrogens with one attached hydrogen (secondary N) is 2. The van der Waals surface area contributed by atoms with E-state index < -0.39 is 11.8 Å². The Morgan fingerprint density at radius 3 is 2.56 bits per heavy atom. The lowest BCUT2D eigenvalue weighted by atomic mass is 10.3. The second kappa shape index (κ2) is 4.52. The van der Waals surface area contributed by atoms with Crippen LogP contribution in [0.25, 0.3) is 0 Å². The Morgan fingerprint density at radius 2 is 1.94 bits per heavy atom. The molecule has 2 rings (SSSR count). The van der Waals surface area contributed by atoms with E-state index in [4.69, 9.17) is 0 Å². The first kappa shape index (κ1) is 10.3. The maximum atomic E-state index is 10.8. The number of nitrogens with zero attached hydrogens (tertiary/aromatic N) is 2. The van der Waals surface area contributed by atoms with Gasteiger partial charge in [0.05, 0.1) is 0 Å². The second-order valence-corrected chi connectivity index (χ2v) is 3.21. The molecule has 0 atom stereocenters. The zero-order valence-electron chi connectivity index (χ0n) is 8.43. The van der Waals surface area contributed by atoms with Crippen LogP contribution in [0.3, 0.4) is 0 Å². The normalized spacial score (nSPS) is 14.6. The number of amides is 2. The Kier molecular flexibility index (Phi) is 2.90. The molecule has 1 aliphatic heterocycles. The Morgan fingerprint density at radius 1 is 1.19 bits per heavy atom. The van der Waals surface area contributed by atoms with Crippen molar-refractivity contribution in [3.05, 3.63) is 30.1 Å². The molecule has 0 spiro atoms. The quantitative estimate of drug-likeness (QED) is 0.653. The fraction of sp³-hybridized carbons (Fsp3) is 0.200. The first-order valence-corrected chi connectivity index (χ1v) is 4.82. The lowest BCUT2D eigenvalue weighted by molar-refractivity contribution is -0.135. The summed E-state index contributed by atoms with van der Waals surface area (Å²) < 4.78 is 0. The molecule has 0 aliphatic carbocycles. The van der Waals surface area contributed by atoms with Crippen molar-refractivity contribution in [1.82, 2.24) is 15.6 Å². The van der Waals surface area contributed by atoms with Crippen LogP contribution >= 0.6 is 0 Å². The van der Waals surface area contributed by atoms with Gasteiger partial charge in [0, 0.05) is 24.9 Å². The van der Waals surface area contributed by atoms with Crippen molar-refractivity contribution in [2.45, 2.75) is 6.42 Å². The average molecular weight is 218 g/mol. The Balaban J connectivity index is 1.87. The van der Waals surface area contributed by atoms with Crippen LogP contribution in [-0.2, 0) is 16.0 Å². The molecule has 1 aromatic heterocycles. The summed E-state index contributed by atoms with van der Waals surface area (Å²) in [6.07, 6.45) is 2.37. The van der Waals surface area contributed by atoms with Gasteiger partial charge in [-0.15, -0.1) is 0 Å². The minimum Gasteiger partial charge on any atom is -0.288 e. The summed E-state index contributed by atoms with van der Waals surface area (Å²) in [5.74, 6) is -1.13. The summed E-state index contributed by atoms with van der Waals surface area (Å²) >= 11 is 0. The van der Waals surface area contributed by atoms with E-state index >= 15 is 0 Å². The monoisotopic (exact) mass is 218 g/mol. The largest absolute Gasteiger partial charge is 0.316 e. The van der Waals surface area contributed by atoms with E-state index in [9.17, 15) is 9.59 Å². The topological polar surface area (TPSA) is 83.4 Å². The highest BCUT2D eigenvalue weighted by atomic mass is 16.2. The van der Waals surface area contributed by atoms with Gasteiger partial charge < -0.3 is 0 Å². The summed E-state index contributed by atoms with van der Waals surface area (Å²) in [5, 5.41) is 4.64. The molecule has 2 N–H and O–H groups in total. The van der Waals surface area contributed by atoms with Gasteiger partial charge in [0.25, 0.3) is 0 Å². The van der Waals surface area contributed by atoms with E-state index in [1.54, 1.807) is 6.20 Å². The summed E-state index contributed by atoms with van der Waals surface area (Å²) in [5.41, 5.74) is 0.919. The van der Waals surface area contributed by atoms with Crippen LogP contribution in [0.15, 0.2) is 29.4 Å². The third-order valence-electron chi connectivity index (χ3n) is 2.03. The number of guanidine groups is 1. The fourth-order valence-corrected chi connectivity index (χ4v) is 1.27. The first-order chi connectivity index (χ1) is 7.75. The number of carbonyl (C=O) groups excluding carboxylic acids is 2. The van der Waals surface area contributed by atoms with E-state index in [2.05, 4.69) is 20.6 Å². The number of hydrogen-bond donors (Lipinski definition) is 2. The summed E-state index contributed by atoms with van der Waals surface area (Å²) in [6.45, 7) is 0.465. The van der Waals surface area contributed by atoms with Gasteiger partial charge in [-0.1, -0.05) is 6.07 Å².